The highest BCUT2D eigenvalue weighted by molar-refractivity contribution is 6.00. The number of benzene rings is 13. The highest BCUT2D eigenvalue weighted by atomic mass is 15.2. The molecule has 0 bridgehead atoms. The van der Waals surface area contributed by atoms with E-state index in [2.05, 4.69) is 449 Å². The molecule has 0 aromatic heterocycles. The van der Waals surface area contributed by atoms with Crippen LogP contribution in [0.2, 0.25) is 0 Å². The Hall–Kier alpha value is -13.8. The number of rotatable bonds is 21. The summed E-state index contributed by atoms with van der Waals surface area (Å²) in [7, 11) is 0. The van der Waals surface area contributed by atoms with Gasteiger partial charge in [0.05, 0.1) is 34.9 Å². The van der Waals surface area contributed by atoms with E-state index >= 15 is 0 Å². The summed E-state index contributed by atoms with van der Waals surface area (Å²) in [6.07, 6.45) is 26.5. The van der Waals surface area contributed by atoms with Crippen LogP contribution in [0.5, 0.6) is 0 Å². The van der Waals surface area contributed by atoms with Gasteiger partial charge in [-0.05, 0) is 278 Å². The fourth-order valence-corrected chi connectivity index (χ4v) is 15.2. The van der Waals surface area contributed by atoms with Crippen LogP contribution in [0.15, 0.2) is 291 Å². The highest BCUT2D eigenvalue weighted by Gasteiger charge is 2.25. The van der Waals surface area contributed by atoms with Crippen molar-refractivity contribution in [2.75, 3.05) is 14.7 Å². The molecule has 0 atom stereocenters. The molecule has 0 unspecified atom stereocenters. The van der Waals surface area contributed by atoms with Crippen molar-refractivity contribution in [2.24, 2.45) is 0 Å². The van der Waals surface area contributed by atoms with Crippen molar-refractivity contribution in [1.82, 2.24) is 0 Å². The Kier molecular flexibility index (Phi) is 25.9. The topological polar surface area (TPSA) is 81.1 Å². The van der Waals surface area contributed by atoms with E-state index in [4.69, 9.17) is 0 Å². The lowest BCUT2D eigenvalue weighted by atomic mass is 9.83. The third kappa shape index (κ3) is 21.5. The molecule has 0 heterocycles. The molecule has 0 aliphatic carbocycles. The van der Waals surface area contributed by atoms with Crippen LogP contribution in [0.1, 0.15) is 241 Å². The van der Waals surface area contributed by atoms with Crippen molar-refractivity contribution in [3.63, 3.8) is 0 Å². The van der Waals surface area contributed by atoms with Crippen LogP contribution in [0.25, 0.3) is 72.9 Å². The normalized spacial score (nSPS) is 12.4. The molecule has 13 aromatic rings. The van der Waals surface area contributed by atoms with Gasteiger partial charge in [-0.1, -0.05) is 343 Å². The fourth-order valence-electron chi connectivity index (χ4n) is 15.2. The number of hydrogen-bond acceptors (Lipinski definition) is 6. The molecule has 612 valence electrons. The average Bonchev–Trinajstić information content (AvgIpc) is 0.758. The molecular weight excluding hydrogens is 1490 g/mol. The molecule has 6 heteroatoms. The van der Waals surface area contributed by atoms with Crippen LogP contribution >= 0.6 is 0 Å². The van der Waals surface area contributed by atoms with Crippen LogP contribution in [0.3, 0.4) is 0 Å². The first kappa shape index (κ1) is 87.0. The van der Waals surface area contributed by atoms with E-state index in [1.807, 2.05) is 72.8 Å². The van der Waals surface area contributed by atoms with Gasteiger partial charge in [0, 0.05) is 51.2 Å². The fraction of sp³-hybridized carbons (Fsp3) is 0.205. The number of nitriles is 3. The summed E-state index contributed by atoms with van der Waals surface area (Å²) in [5.74, 6) is 0. The molecule has 6 nitrogen and oxygen atoms in total. The smallest absolute Gasteiger partial charge is 0.0991 e. The molecule has 123 heavy (non-hydrogen) atoms. The maximum Gasteiger partial charge on any atom is 0.0991 e. The summed E-state index contributed by atoms with van der Waals surface area (Å²) < 4.78 is 0. The van der Waals surface area contributed by atoms with Gasteiger partial charge < -0.3 is 14.7 Å². The summed E-state index contributed by atoms with van der Waals surface area (Å²) in [6.45, 7) is 40.6. The van der Waals surface area contributed by atoms with Gasteiger partial charge in [-0.2, -0.15) is 15.8 Å². The molecule has 0 saturated heterocycles. The summed E-state index contributed by atoms with van der Waals surface area (Å²) in [6, 6.07) is 111. The minimum Gasteiger partial charge on any atom is -0.311 e. The zero-order chi connectivity index (χ0) is 87.6. The van der Waals surface area contributed by atoms with Crippen LogP contribution in [0.4, 0.5) is 51.2 Å². The Morgan fingerprint density at radius 3 is 0.390 bits per heavy atom. The molecule has 0 radical (unpaired) electrons. The van der Waals surface area contributed by atoms with Gasteiger partial charge in [-0.3, -0.25) is 0 Å². The minimum atomic E-state index is -0.0195. The van der Waals surface area contributed by atoms with Crippen LogP contribution in [-0.4, -0.2) is 0 Å². The highest BCUT2D eigenvalue weighted by Crippen LogP contribution is 2.44. The second kappa shape index (κ2) is 36.6. The molecule has 0 spiro atoms. The van der Waals surface area contributed by atoms with E-state index in [1.54, 1.807) is 0 Å². The van der Waals surface area contributed by atoms with Crippen molar-refractivity contribution in [2.45, 2.75) is 157 Å². The van der Waals surface area contributed by atoms with E-state index in [0.717, 1.165) is 118 Å². The van der Waals surface area contributed by atoms with Gasteiger partial charge >= 0.3 is 0 Å². The molecule has 0 amide bonds. The van der Waals surface area contributed by atoms with E-state index in [9.17, 15) is 15.8 Å². The molecule has 13 aromatic carbocycles. The molecule has 0 saturated carbocycles. The van der Waals surface area contributed by atoms with Crippen molar-refractivity contribution >= 4 is 124 Å². The summed E-state index contributed by atoms with van der Waals surface area (Å²) >= 11 is 0. The third-order valence-electron chi connectivity index (χ3n) is 22.9. The van der Waals surface area contributed by atoms with Gasteiger partial charge in [0.2, 0.25) is 0 Å². The molecule has 13 rings (SSSR count). The summed E-state index contributed by atoms with van der Waals surface area (Å²) in [5.41, 5.74) is 29.9. The largest absolute Gasteiger partial charge is 0.311 e. The zero-order valence-electron chi connectivity index (χ0n) is 74.8. The van der Waals surface area contributed by atoms with Gasteiger partial charge in [0.15, 0.2) is 0 Å². The lowest BCUT2D eigenvalue weighted by molar-refractivity contribution is 0.590. The van der Waals surface area contributed by atoms with Gasteiger partial charge in [-0.25, -0.2) is 0 Å². The SMILES string of the molecule is CC(C)(C)c1ccc(N(c2ccc(/C=C/c3c(/C=C/c4ccc(C#N)cc4)c(/C=C/c4ccc(N(c5ccc(C(C)(C)C)cc5)c5ccc(C(C)(C)C)cc5)cc4)c(/C=C/c4ccc(C#N)cc4)c(/C=C/c4ccc(N(c5ccc(C(C)(C)C)cc5)c5ccc(C(C)(C)C)cc5)cc4)c3/C=C/c3ccc(C#N)cc3)cc2)c2ccc(C(C)(C)C)cc2)cc1. The standard InChI is InChI=1S/C117H114N6/c1-112(2,3)91-43-61-100(62-44-91)121(101-63-45-92(46-64-101)113(4,5)6)97-55-31-85(32-56-97)40-76-109-106(73-37-82-19-25-88(79-118)26-20-82)110(77-41-86-33-57-98(58-34-86)122(102-65-47-93(48-66-102)114(7,8)9)103-67-49-94(50-68-103)115(10,11)12)108(75-39-84-23-29-90(81-120)30-24-84)111(107(109)74-38-83-21-27-89(80-119)28-22-83)78-42-87-35-59-99(60-36-87)123(104-69-51-95(52-70-104)116(13,14)15)105-71-53-96(54-72-105)117(16,17)18/h19-78H,1-18H3/b73-37+,74-38+,75-39+,76-40+,77-41+,78-42+. The monoisotopic (exact) mass is 1600 g/mol. The first-order valence-corrected chi connectivity index (χ1v) is 42.8. The minimum absolute atomic E-state index is 0.0195. The predicted molar refractivity (Wildman–Crippen MR) is 529 cm³/mol. The van der Waals surface area contributed by atoms with Crippen molar-refractivity contribution in [3.8, 4) is 18.2 Å². The van der Waals surface area contributed by atoms with Gasteiger partial charge in [0.1, 0.15) is 0 Å². The van der Waals surface area contributed by atoms with Crippen molar-refractivity contribution < 1.29 is 0 Å². The molecule has 0 aliphatic heterocycles. The maximum atomic E-state index is 10.1. The second-order valence-electron chi connectivity index (χ2n) is 38.2. The number of anilines is 9. The van der Waals surface area contributed by atoms with Crippen molar-refractivity contribution in [1.29, 1.82) is 15.8 Å². The lowest BCUT2D eigenvalue weighted by Crippen LogP contribution is -2.14. The number of nitrogens with zero attached hydrogens (tertiary/aromatic N) is 6. The Bertz CT molecular complexity index is 5360. The van der Waals surface area contributed by atoms with Crippen LogP contribution < -0.4 is 14.7 Å². The van der Waals surface area contributed by atoms with E-state index in [1.165, 1.54) is 33.4 Å². The van der Waals surface area contributed by atoms with E-state index in [-0.39, 0.29) is 32.5 Å². The predicted octanol–water partition coefficient (Wildman–Crippen LogP) is 32.5. The molecule has 0 fully saturated rings. The van der Waals surface area contributed by atoms with Crippen LogP contribution in [-0.2, 0) is 32.5 Å². The maximum absolute atomic E-state index is 10.1. The second-order valence-corrected chi connectivity index (χ2v) is 38.2. The van der Waals surface area contributed by atoms with Crippen molar-refractivity contribution in [3.05, 3.63) is 408 Å². The quantitative estimate of drug-likeness (QED) is 0.0667. The Labute approximate surface area is 733 Å². The van der Waals surface area contributed by atoms with Gasteiger partial charge in [0.25, 0.3) is 0 Å². The van der Waals surface area contributed by atoms with E-state index < -0.39 is 0 Å². The summed E-state index contributed by atoms with van der Waals surface area (Å²) in [5, 5.41) is 30.3. The Morgan fingerprint density at radius 1 is 0.163 bits per heavy atom. The van der Waals surface area contributed by atoms with Gasteiger partial charge in [-0.15, -0.1) is 0 Å². The Balaban J connectivity index is 1.05. The third-order valence-corrected chi connectivity index (χ3v) is 22.9. The molecule has 0 aliphatic rings. The lowest BCUT2D eigenvalue weighted by Gasteiger charge is -2.28. The molecule has 0 N–H and O–H groups in total. The van der Waals surface area contributed by atoms with E-state index in [0.29, 0.717) is 16.7 Å². The first-order chi connectivity index (χ1) is 58.6. The Morgan fingerprint density at radius 2 is 0.276 bits per heavy atom. The average molecular weight is 1600 g/mol. The van der Waals surface area contributed by atoms with Crippen LogP contribution in [0, 0.1) is 34.0 Å². The summed E-state index contributed by atoms with van der Waals surface area (Å²) in [4.78, 5) is 7.02. The molecular formula is C117H114N6. The number of hydrogen-bond donors (Lipinski definition) is 0. The first-order valence-electron chi connectivity index (χ1n) is 42.8. The zero-order valence-corrected chi connectivity index (χ0v) is 74.8.